The molecule has 0 saturated heterocycles. The molecule has 0 bridgehead atoms. The third-order valence-corrected chi connectivity index (χ3v) is 2.27. The maximum Gasteiger partial charge on any atom is 0.356 e. The molecule has 0 radical (unpaired) electrons. The van der Waals surface area contributed by atoms with E-state index in [-0.39, 0.29) is 22.7 Å². The van der Waals surface area contributed by atoms with Crippen LogP contribution in [0.1, 0.15) is 33.7 Å². The second-order valence-electron chi connectivity index (χ2n) is 2.96. The number of methoxy groups -OCH3 is 1. The summed E-state index contributed by atoms with van der Waals surface area (Å²) in [5.74, 6) is -1.03. The third-order valence-electron chi connectivity index (χ3n) is 1.99. The first-order valence-electron chi connectivity index (χ1n) is 4.41. The van der Waals surface area contributed by atoms with Gasteiger partial charge in [-0.3, -0.25) is 0 Å². The van der Waals surface area contributed by atoms with Crippen molar-refractivity contribution in [2.45, 2.75) is 12.3 Å². The molecule has 0 atom stereocenters. The number of alkyl halides is 3. The number of nitriles is 1. The number of pyridine rings is 1. The van der Waals surface area contributed by atoms with Gasteiger partial charge in [0.1, 0.15) is 17.5 Å². The van der Waals surface area contributed by atoms with Crippen molar-refractivity contribution >= 4 is 17.6 Å². The number of ether oxygens (including phenoxy) is 1. The Morgan fingerprint density at radius 2 is 2.35 bits per heavy atom. The van der Waals surface area contributed by atoms with Crippen LogP contribution in [-0.4, -0.2) is 18.1 Å². The number of carbonyl (C=O) groups excluding carboxylic acids is 1. The molecule has 0 fully saturated rings. The van der Waals surface area contributed by atoms with Gasteiger partial charge in [0.2, 0.25) is 0 Å². The van der Waals surface area contributed by atoms with Crippen LogP contribution in [0.4, 0.5) is 8.78 Å². The highest BCUT2D eigenvalue weighted by molar-refractivity contribution is 6.17. The summed E-state index contributed by atoms with van der Waals surface area (Å²) in [6, 6.07) is 2.77. The van der Waals surface area contributed by atoms with Gasteiger partial charge >= 0.3 is 5.97 Å². The monoisotopic (exact) mass is 260 g/mol. The van der Waals surface area contributed by atoms with Crippen molar-refractivity contribution in [1.82, 2.24) is 4.98 Å². The van der Waals surface area contributed by atoms with Gasteiger partial charge in [-0.1, -0.05) is 0 Å². The normalized spacial score (nSPS) is 10.1. The van der Waals surface area contributed by atoms with Gasteiger partial charge in [0.05, 0.1) is 12.7 Å². The third kappa shape index (κ3) is 2.68. The van der Waals surface area contributed by atoms with Gasteiger partial charge in [-0.2, -0.15) is 5.26 Å². The molecular weight excluding hydrogens is 254 g/mol. The van der Waals surface area contributed by atoms with Crippen LogP contribution in [0.2, 0.25) is 0 Å². The number of rotatable bonds is 3. The minimum atomic E-state index is -2.96. The molecule has 0 amide bonds. The summed E-state index contributed by atoms with van der Waals surface area (Å²) < 4.78 is 29.7. The molecule has 17 heavy (non-hydrogen) atoms. The molecule has 1 rings (SSSR count). The Morgan fingerprint density at radius 3 is 2.76 bits per heavy atom. The molecule has 4 nitrogen and oxygen atoms in total. The predicted octanol–water partition coefficient (Wildman–Crippen LogP) is 2.42. The maximum absolute atomic E-state index is 12.7. The van der Waals surface area contributed by atoms with E-state index in [1.807, 2.05) is 0 Å². The molecule has 0 unspecified atom stereocenters. The van der Waals surface area contributed by atoms with Gasteiger partial charge < -0.3 is 4.74 Å². The molecule has 0 N–H and O–H groups in total. The molecule has 0 saturated carbocycles. The van der Waals surface area contributed by atoms with Crippen molar-refractivity contribution in [3.8, 4) is 6.07 Å². The summed E-state index contributed by atoms with van der Waals surface area (Å²) in [6.45, 7) is 0. The van der Waals surface area contributed by atoms with Crippen molar-refractivity contribution < 1.29 is 18.3 Å². The van der Waals surface area contributed by atoms with Gasteiger partial charge in [-0.05, 0) is 11.6 Å². The van der Waals surface area contributed by atoms with E-state index in [0.29, 0.717) is 0 Å². The van der Waals surface area contributed by atoms with E-state index >= 15 is 0 Å². The molecule has 0 aliphatic carbocycles. The number of halogens is 3. The zero-order valence-corrected chi connectivity index (χ0v) is 9.46. The Kier molecular flexibility index (Phi) is 4.35. The van der Waals surface area contributed by atoms with Crippen molar-refractivity contribution in [3.63, 3.8) is 0 Å². The molecule has 7 heteroatoms. The van der Waals surface area contributed by atoms with Crippen LogP contribution in [-0.2, 0) is 10.6 Å². The zero-order chi connectivity index (χ0) is 13.0. The highest BCUT2D eigenvalue weighted by Gasteiger charge is 2.22. The van der Waals surface area contributed by atoms with Gasteiger partial charge in [0.15, 0.2) is 0 Å². The van der Waals surface area contributed by atoms with Crippen LogP contribution in [0.25, 0.3) is 0 Å². The maximum atomic E-state index is 12.7. The summed E-state index contributed by atoms with van der Waals surface area (Å²) >= 11 is 5.53. The van der Waals surface area contributed by atoms with Crippen molar-refractivity contribution in [2.24, 2.45) is 0 Å². The van der Waals surface area contributed by atoms with E-state index < -0.39 is 18.1 Å². The van der Waals surface area contributed by atoms with Gasteiger partial charge in [-0.15, -0.1) is 11.6 Å². The highest BCUT2D eigenvalue weighted by Crippen LogP contribution is 2.25. The van der Waals surface area contributed by atoms with Crippen LogP contribution < -0.4 is 0 Å². The molecular formula is C10H7ClF2N2O2. The lowest BCUT2D eigenvalue weighted by molar-refractivity contribution is 0.0592. The fraction of sp³-hybridized carbons (Fsp3) is 0.300. The second kappa shape index (κ2) is 5.55. The van der Waals surface area contributed by atoms with Crippen LogP contribution in [0, 0.1) is 11.3 Å². The Bertz CT molecular complexity index is 486. The van der Waals surface area contributed by atoms with Gasteiger partial charge in [0, 0.05) is 5.88 Å². The summed E-state index contributed by atoms with van der Waals surface area (Å²) in [6.07, 6.45) is -2.96. The van der Waals surface area contributed by atoms with Crippen LogP contribution in [0.3, 0.4) is 0 Å². The van der Waals surface area contributed by atoms with Crippen molar-refractivity contribution in [3.05, 3.63) is 28.6 Å². The molecule has 1 aromatic heterocycles. The molecule has 90 valence electrons. The number of nitrogens with zero attached hydrogens (tertiary/aromatic N) is 2. The topological polar surface area (TPSA) is 63.0 Å². The van der Waals surface area contributed by atoms with Crippen molar-refractivity contribution in [2.75, 3.05) is 7.11 Å². The molecule has 1 heterocycles. The first-order valence-corrected chi connectivity index (χ1v) is 4.95. The van der Waals surface area contributed by atoms with E-state index in [9.17, 15) is 13.6 Å². The van der Waals surface area contributed by atoms with E-state index in [2.05, 4.69) is 9.72 Å². The standard InChI is InChI=1S/C10H7ClF2N2O2/c1-17-10(16)7-2-5(3-11)6(4-14)8(15-7)9(12)13/h2,9H,3H2,1H3. The SMILES string of the molecule is COC(=O)c1cc(CCl)c(C#N)c(C(F)F)n1. The fourth-order valence-electron chi connectivity index (χ4n) is 1.22. The van der Waals surface area contributed by atoms with Crippen LogP contribution in [0.5, 0.6) is 0 Å². The van der Waals surface area contributed by atoms with E-state index in [1.165, 1.54) is 6.07 Å². The predicted molar refractivity (Wildman–Crippen MR) is 54.8 cm³/mol. The van der Waals surface area contributed by atoms with Crippen LogP contribution in [0.15, 0.2) is 6.07 Å². The number of carbonyl (C=O) groups is 1. The lowest BCUT2D eigenvalue weighted by atomic mass is 10.1. The Labute approximate surface area is 101 Å². The minimum absolute atomic E-state index is 0.125. The zero-order valence-electron chi connectivity index (χ0n) is 8.71. The smallest absolute Gasteiger partial charge is 0.356 e. The Balaban J connectivity index is 3.47. The van der Waals surface area contributed by atoms with Crippen LogP contribution >= 0.6 is 11.6 Å². The second-order valence-corrected chi connectivity index (χ2v) is 3.23. The number of esters is 1. The van der Waals surface area contributed by atoms with Crippen molar-refractivity contribution in [1.29, 1.82) is 5.26 Å². The molecule has 1 aromatic rings. The Morgan fingerprint density at radius 1 is 1.71 bits per heavy atom. The van der Waals surface area contributed by atoms with E-state index in [4.69, 9.17) is 16.9 Å². The summed E-state index contributed by atoms with van der Waals surface area (Å²) in [7, 11) is 1.10. The van der Waals surface area contributed by atoms with E-state index in [0.717, 1.165) is 7.11 Å². The summed E-state index contributed by atoms with van der Waals surface area (Å²) in [5, 5.41) is 8.77. The van der Waals surface area contributed by atoms with E-state index in [1.54, 1.807) is 6.07 Å². The highest BCUT2D eigenvalue weighted by atomic mass is 35.5. The lowest BCUT2D eigenvalue weighted by Gasteiger charge is -2.08. The first kappa shape index (κ1) is 13.3. The molecule has 0 aliphatic rings. The molecule has 0 aromatic carbocycles. The van der Waals surface area contributed by atoms with Gasteiger partial charge in [-0.25, -0.2) is 18.6 Å². The first-order chi connectivity index (χ1) is 8.04. The largest absolute Gasteiger partial charge is 0.464 e. The average Bonchev–Trinajstić information content (AvgIpc) is 2.35. The Hall–Kier alpha value is -1.74. The molecule has 0 aliphatic heterocycles. The number of aromatic nitrogens is 1. The quantitative estimate of drug-likeness (QED) is 0.618. The molecule has 0 spiro atoms. The fourth-order valence-corrected chi connectivity index (χ4v) is 1.43. The number of hydrogen-bond acceptors (Lipinski definition) is 4. The summed E-state index contributed by atoms with van der Waals surface area (Å²) in [5.41, 5.74) is -1.23. The minimum Gasteiger partial charge on any atom is -0.464 e. The average molecular weight is 261 g/mol. The lowest BCUT2D eigenvalue weighted by Crippen LogP contribution is -2.10. The van der Waals surface area contributed by atoms with Gasteiger partial charge in [0.25, 0.3) is 6.43 Å². The number of hydrogen-bond donors (Lipinski definition) is 0. The summed E-state index contributed by atoms with van der Waals surface area (Å²) in [4.78, 5) is 14.6.